The van der Waals surface area contributed by atoms with Crippen molar-refractivity contribution >= 4 is 356 Å². The van der Waals surface area contributed by atoms with Gasteiger partial charge in [0.05, 0.1) is 0 Å². The second-order valence-corrected chi connectivity index (χ2v) is 54.0. The number of nitriles is 4. The number of fused-ring (bicyclic) bond motifs is 12. The molecule has 0 N–H and O–H groups in total. The second-order valence-electron chi connectivity index (χ2n) is 29.6. The number of benzene rings is 12. The Morgan fingerprint density at radius 1 is 0.344 bits per heavy atom. The maximum atomic E-state index is 11.7. The molecule has 0 unspecified atom stereocenters. The number of para-hydroxylation sites is 12. The minimum atomic E-state index is -0.597. The van der Waals surface area contributed by atoms with Gasteiger partial charge in [-0.1, -0.05) is 0 Å². The van der Waals surface area contributed by atoms with Crippen molar-refractivity contribution in [3.63, 3.8) is 0 Å². The Morgan fingerprint density at radius 2 is 0.702 bits per heavy atom. The van der Waals surface area contributed by atoms with Gasteiger partial charge in [0.25, 0.3) is 0 Å². The summed E-state index contributed by atoms with van der Waals surface area (Å²) in [7, 11) is 0. The molecule has 25 heteroatoms. The monoisotopic (exact) mass is 2420 g/mol. The molecule has 0 fully saturated rings. The molecule has 0 saturated carbocycles. The summed E-state index contributed by atoms with van der Waals surface area (Å²) < 4.78 is 32.3. The van der Waals surface area contributed by atoms with E-state index in [2.05, 4.69) is 327 Å². The molecule has 624 valence electrons. The first-order valence-corrected chi connectivity index (χ1v) is 59.6. The van der Waals surface area contributed by atoms with Crippen LogP contribution in [0.5, 0.6) is 0 Å². The van der Waals surface area contributed by atoms with E-state index in [0.717, 1.165) is 49.5 Å². The van der Waals surface area contributed by atoms with Crippen LogP contribution in [-0.4, -0.2) is 178 Å². The number of ketones is 1. The Morgan fingerprint density at radius 3 is 1.10 bits per heavy atom. The zero-order chi connectivity index (χ0) is 88.4. The fourth-order valence-corrected chi connectivity index (χ4v) is 38.0. The average Bonchev–Trinajstić information content (AvgIpc) is 1.16. The van der Waals surface area contributed by atoms with Gasteiger partial charge in [-0.15, -0.1) is 0 Å². The van der Waals surface area contributed by atoms with Crippen LogP contribution in [0.1, 0.15) is 54.2 Å². The van der Waals surface area contributed by atoms with E-state index in [1.807, 2.05) is 78.9 Å². The first kappa shape index (κ1) is 86.2. The van der Waals surface area contributed by atoms with E-state index < -0.39 is 20.4 Å². The van der Waals surface area contributed by atoms with E-state index in [-0.39, 0.29) is 93.3 Å². The number of aromatic nitrogens is 4. The molecule has 24 rings (SSSR count). The summed E-state index contributed by atoms with van der Waals surface area (Å²) in [6.45, 7) is 1.56. The van der Waals surface area contributed by atoms with Crippen LogP contribution in [0.2, 0.25) is 0 Å². The molecule has 14 nitrogen and oxygen atoms in total. The Bertz CT molecular complexity index is 7380. The van der Waals surface area contributed by atoms with Gasteiger partial charge < -0.3 is 0 Å². The first-order valence-electron chi connectivity index (χ1n) is 41.0. The van der Waals surface area contributed by atoms with Crippen molar-refractivity contribution in [2.45, 2.75) is 6.92 Å². The zero-order valence-corrected chi connectivity index (χ0v) is 87.3. The van der Waals surface area contributed by atoms with Gasteiger partial charge in [0, 0.05) is 0 Å². The van der Waals surface area contributed by atoms with Gasteiger partial charge in [0.15, 0.2) is 0 Å². The molecular weight excluding hydrogens is 2340 g/mol. The Hall–Kier alpha value is -11.5. The van der Waals surface area contributed by atoms with Gasteiger partial charge in [-0.25, -0.2) is 0 Å². The topological polar surface area (TPSA) is 190 Å². The normalized spacial score (nSPS) is 12.9. The summed E-state index contributed by atoms with van der Waals surface area (Å²) in [6.07, 6.45) is 8.02. The number of carbonyl (C=O) groups excluding carboxylic acids is 1. The van der Waals surface area contributed by atoms with Crippen molar-refractivity contribution < 1.29 is 9.21 Å². The predicted octanol–water partition coefficient (Wildman–Crippen LogP) is 17.1. The number of anilines is 12. The van der Waals surface area contributed by atoms with Crippen LogP contribution in [0.15, 0.2) is 338 Å². The number of allylic oxidation sites excluding steroid dienone is 4. The van der Waals surface area contributed by atoms with Gasteiger partial charge >= 0.3 is 833 Å². The summed E-state index contributed by atoms with van der Waals surface area (Å²) in [5, 5.41) is 40.1. The number of thiazole rings is 1. The molecule has 0 radical (unpaired) electrons. The van der Waals surface area contributed by atoms with E-state index in [4.69, 9.17) is 14.4 Å². The van der Waals surface area contributed by atoms with Crippen LogP contribution < -0.4 is 55.3 Å². The van der Waals surface area contributed by atoms with Crippen LogP contribution in [0.4, 0.5) is 63.7 Å². The van der Waals surface area contributed by atoms with Crippen LogP contribution >= 0.6 is 11.3 Å². The van der Waals surface area contributed by atoms with Crippen molar-refractivity contribution in [1.29, 1.82) is 21.0 Å². The summed E-state index contributed by atoms with van der Waals surface area (Å²) in [6, 6.07) is 126. The van der Waals surface area contributed by atoms with Gasteiger partial charge in [-0.05, 0) is 0 Å². The Kier molecular flexibility index (Phi) is 25.5. The van der Waals surface area contributed by atoms with E-state index in [0.29, 0.717) is 83.6 Å². The number of nitrogens with zero attached hydrogens (tertiary/aromatic N) is 12. The van der Waals surface area contributed by atoms with Gasteiger partial charge in [-0.2, -0.15) is 0 Å². The summed E-state index contributed by atoms with van der Waals surface area (Å²) >= 11 is 2.51. The van der Waals surface area contributed by atoms with Crippen LogP contribution in [0, 0.1) is 45.3 Å². The molecule has 0 saturated heterocycles. The third-order valence-corrected chi connectivity index (χ3v) is 45.7. The first-order chi connectivity index (χ1) is 64.5. The van der Waals surface area contributed by atoms with Crippen LogP contribution in [-0.2, 0) is 0 Å². The number of hydrogen-bond donors (Lipinski definition) is 0. The van der Waals surface area contributed by atoms with Crippen molar-refractivity contribution in [2.24, 2.45) is 0 Å². The number of Topliss-reactive ketones (excluding diaryl/α,β-unsaturated/α-hetero) is 1. The molecule has 20 aromatic rings. The fourth-order valence-electron chi connectivity index (χ4n) is 15.3. The third kappa shape index (κ3) is 18.1. The number of carbonyl (C=O) groups is 1. The quantitative estimate of drug-likeness (QED) is 0.0602. The Balaban J connectivity index is 0.000000106. The summed E-state index contributed by atoms with van der Waals surface area (Å²) in [5.74, 6) is 0.396. The molecule has 0 atom stereocenters. The predicted molar refractivity (Wildman–Crippen MR) is 547 cm³/mol. The average molecular weight is 2410 g/mol. The van der Waals surface area contributed by atoms with E-state index in [1.165, 1.54) is 127 Å². The second kappa shape index (κ2) is 38.8. The maximum absolute atomic E-state index is 11.7. The van der Waals surface area contributed by atoms with Gasteiger partial charge in [0.2, 0.25) is 0 Å². The molecule has 0 amide bonds. The van der Waals surface area contributed by atoms with Crippen LogP contribution in [0.3, 0.4) is 0 Å². The molecule has 0 spiro atoms. The third-order valence-electron chi connectivity index (χ3n) is 21.3. The Labute approximate surface area is 823 Å². The fraction of sp³-hybridized carbons (Fsp3) is 0.00943. The number of oxazole rings is 1. The van der Waals surface area contributed by atoms with E-state index in [9.17, 15) is 25.8 Å². The minimum absolute atomic E-state index is 0.0253. The molecular formula is C106H62N12O2SSe9Te. The molecule has 131 heavy (non-hydrogen) atoms. The zero-order valence-electron chi connectivity index (χ0n) is 68.7. The van der Waals surface area contributed by atoms with Crippen molar-refractivity contribution in [2.75, 3.05) is 19.6 Å². The van der Waals surface area contributed by atoms with Gasteiger partial charge in [-0.3, -0.25) is 0 Å². The molecule has 4 aliphatic rings. The molecule has 12 aromatic carbocycles. The summed E-state index contributed by atoms with van der Waals surface area (Å²) in [4.78, 5) is 40.0. The molecule has 0 aliphatic carbocycles. The van der Waals surface area contributed by atoms with Crippen molar-refractivity contribution in [3.8, 4) is 24.3 Å². The van der Waals surface area contributed by atoms with Crippen LogP contribution in [0.25, 0.3) is 86.6 Å². The number of hydrogen-bond acceptors (Lipinski definition) is 15. The molecule has 0 bridgehead atoms. The standard InChI is InChI=1S/C28H17N3OSSe2.C26H15N3OSe2.C26H15N3Se3.C26H15N3Se2Te/c1-17(32)18-10-12-21-24(15-18)33-28(30-21)19(16-29)14-20-11-13-27(34-20)31-22-6-2-4-8-25(22)35-26-9-5-3-7-23(26)31;27-16-17(26-28-19-7-1-4-10-22(19)30-26)15-18-13-14-25(31-18)29-20-8-2-5-11-23(20)32-24-12-6-3-9-21(24)29;27-16-17(26-28-19-7-1-4-10-22(19)32-26)15-18-13-14-25(30-18)29-20-8-2-5-11-23(20)31-24-12-6-3-9-21(24)29;27-16-17(26-28-19-7-1-6-12-24(19)32-26)15-18-13-14-25(30-18)29-20-8-2-4-10-22(20)31-23-11-5-3-9-21(23)29/h2-15H,1H3;3*1-15H/b19-14+;3*17-15+. The van der Waals surface area contributed by atoms with Crippen molar-refractivity contribution in [3.05, 3.63) is 376 Å². The van der Waals surface area contributed by atoms with E-state index >= 15 is 0 Å². The van der Waals surface area contributed by atoms with E-state index in [1.54, 1.807) is 13.0 Å². The summed E-state index contributed by atoms with van der Waals surface area (Å²) in [5.41, 5.74) is 17.6. The SMILES string of the molecule is CC(=O)c1ccc2nc(/C(C#N)=C/c3ccc(N4c5ccccc5[Se]c5ccccc54)[se]3)sc2c1.N#C/C(=C\c1ccc(N2c3ccccc3[Se]c3ccccc32)[se]1)c1nc2ccccc2[se]1.N#C/C(=C\c1ccc(N2c3ccccc3[Se]c3ccccc32)[se]1)c1nc2ccccc2[te]1.N#C/C(=C\c1ccc(N2c3ccccc3[Se]c3ccccc32)[se]1)c1nc2ccccc2o1. The molecule has 12 heterocycles. The van der Waals surface area contributed by atoms with Crippen molar-refractivity contribution in [1.82, 2.24) is 19.9 Å². The molecule has 8 aromatic heterocycles. The number of rotatable bonds is 13. The van der Waals surface area contributed by atoms with Gasteiger partial charge in [0.1, 0.15) is 0 Å². The molecule has 4 aliphatic heterocycles.